The third-order valence-corrected chi connectivity index (χ3v) is 6.17. The Morgan fingerprint density at radius 2 is 1.64 bits per heavy atom. The van der Waals surface area contributed by atoms with Crippen molar-refractivity contribution in [3.8, 4) is 11.5 Å². The number of ether oxygens (including phenoxy) is 1. The maximum absolute atomic E-state index is 12.7. The Morgan fingerprint density at radius 3 is 2.39 bits per heavy atom. The van der Waals surface area contributed by atoms with Crippen LogP contribution in [-0.2, 0) is 0 Å². The monoisotopic (exact) mass is 440 g/mol. The molecule has 0 spiro atoms. The quantitative estimate of drug-likeness (QED) is 0.612. The van der Waals surface area contributed by atoms with Crippen molar-refractivity contribution in [3.05, 3.63) is 83.9 Å². The number of hydrogen-bond acceptors (Lipinski definition) is 5. The smallest absolute Gasteiger partial charge is 0.255 e. The molecule has 0 saturated carbocycles. The van der Waals surface area contributed by atoms with E-state index in [0.717, 1.165) is 54.8 Å². The second-order valence-corrected chi connectivity index (χ2v) is 8.65. The maximum atomic E-state index is 12.7. The van der Waals surface area contributed by atoms with Crippen molar-refractivity contribution < 1.29 is 9.53 Å². The fourth-order valence-electron chi connectivity index (χ4n) is 4.28. The lowest BCUT2D eigenvalue weighted by Gasteiger charge is -2.38. The molecule has 0 radical (unpaired) electrons. The van der Waals surface area contributed by atoms with Crippen LogP contribution in [0.2, 0.25) is 0 Å². The number of carbonyl (C=O) groups excluding carboxylic acids is 1. The number of amidine groups is 1. The van der Waals surface area contributed by atoms with Crippen molar-refractivity contribution >= 4 is 23.1 Å². The third-order valence-electron chi connectivity index (χ3n) is 6.17. The van der Waals surface area contributed by atoms with Crippen molar-refractivity contribution in [3.63, 3.8) is 0 Å². The van der Waals surface area contributed by atoms with Crippen LogP contribution < -0.4 is 10.1 Å². The number of rotatable bonds is 3. The largest absolute Gasteiger partial charge is 0.454 e. The van der Waals surface area contributed by atoms with E-state index in [2.05, 4.69) is 29.0 Å². The SMILES string of the molecule is CC(C)N1CCN(C2=Nc3ccccc3Oc3ccc(NC(=O)c4ccccc4)cc32)CC1. The maximum Gasteiger partial charge on any atom is 0.255 e. The Kier molecular flexibility index (Phi) is 5.84. The van der Waals surface area contributed by atoms with E-state index in [0.29, 0.717) is 17.3 Å². The zero-order valence-corrected chi connectivity index (χ0v) is 19.0. The van der Waals surface area contributed by atoms with Gasteiger partial charge in [0.05, 0.1) is 5.56 Å². The highest BCUT2D eigenvalue weighted by Gasteiger charge is 2.27. The first kappa shape index (κ1) is 21.2. The number of hydrogen-bond donors (Lipinski definition) is 1. The average molecular weight is 441 g/mol. The summed E-state index contributed by atoms with van der Waals surface area (Å²) in [5, 5.41) is 3.02. The Balaban J connectivity index is 1.49. The molecule has 168 valence electrons. The molecule has 0 unspecified atom stereocenters. The predicted octanol–water partition coefficient (Wildman–Crippen LogP) is 5.15. The zero-order valence-electron chi connectivity index (χ0n) is 19.0. The number of carbonyl (C=O) groups is 1. The van der Waals surface area contributed by atoms with Gasteiger partial charge in [0.2, 0.25) is 0 Å². The number of piperazine rings is 1. The van der Waals surface area contributed by atoms with Gasteiger partial charge in [-0.1, -0.05) is 30.3 Å². The molecule has 1 fully saturated rings. The molecule has 5 rings (SSSR count). The van der Waals surface area contributed by atoms with Gasteiger partial charge in [-0.05, 0) is 56.3 Å². The van der Waals surface area contributed by atoms with Gasteiger partial charge in [-0.3, -0.25) is 9.69 Å². The summed E-state index contributed by atoms with van der Waals surface area (Å²) in [5.41, 5.74) is 3.03. The first-order chi connectivity index (χ1) is 16.1. The number of fused-ring (bicyclic) bond motifs is 2. The Labute approximate surface area is 194 Å². The molecular formula is C27H28N4O2. The number of amides is 1. The van der Waals surface area contributed by atoms with E-state index in [1.807, 2.05) is 60.7 Å². The van der Waals surface area contributed by atoms with Crippen LogP contribution in [0.4, 0.5) is 11.4 Å². The normalized spacial score (nSPS) is 15.7. The van der Waals surface area contributed by atoms with Crippen LogP contribution in [0, 0.1) is 0 Å². The van der Waals surface area contributed by atoms with Crippen molar-refractivity contribution in [1.29, 1.82) is 0 Å². The van der Waals surface area contributed by atoms with Gasteiger partial charge in [-0.2, -0.15) is 0 Å². The van der Waals surface area contributed by atoms with Gasteiger partial charge in [-0.15, -0.1) is 0 Å². The standard InChI is InChI=1S/C27H28N4O2/c1-19(2)30-14-16-31(17-15-30)26-22-18-21(28-27(32)20-8-4-3-5-9-20)12-13-24(22)33-25-11-7-6-10-23(25)29-26/h3-13,18-19H,14-17H2,1-2H3,(H,28,32). The Morgan fingerprint density at radius 1 is 0.909 bits per heavy atom. The minimum absolute atomic E-state index is 0.141. The van der Waals surface area contributed by atoms with Crippen LogP contribution in [0.5, 0.6) is 11.5 Å². The molecule has 0 aromatic heterocycles. The second-order valence-electron chi connectivity index (χ2n) is 8.65. The van der Waals surface area contributed by atoms with E-state index in [1.165, 1.54) is 0 Å². The Bertz CT molecular complexity index is 1180. The zero-order chi connectivity index (χ0) is 22.8. The van der Waals surface area contributed by atoms with E-state index in [9.17, 15) is 4.79 Å². The fraction of sp³-hybridized carbons (Fsp3) is 0.259. The lowest BCUT2D eigenvalue weighted by molar-refractivity contribution is 0.102. The van der Waals surface area contributed by atoms with Crippen LogP contribution >= 0.6 is 0 Å². The summed E-state index contributed by atoms with van der Waals surface area (Å²) >= 11 is 0. The number of benzene rings is 3. The average Bonchev–Trinajstić information content (AvgIpc) is 3.01. The van der Waals surface area contributed by atoms with Crippen LogP contribution in [0.1, 0.15) is 29.8 Å². The van der Waals surface area contributed by atoms with Crippen molar-refractivity contribution in [2.24, 2.45) is 4.99 Å². The van der Waals surface area contributed by atoms with Gasteiger partial charge in [0.15, 0.2) is 5.75 Å². The molecule has 1 saturated heterocycles. The number of nitrogens with zero attached hydrogens (tertiary/aromatic N) is 3. The van der Waals surface area contributed by atoms with Gasteiger partial charge in [0.1, 0.15) is 17.3 Å². The Hall–Kier alpha value is -3.64. The molecule has 6 nitrogen and oxygen atoms in total. The third kappa shape index (κ3) is 4.47. The molecule has 0 aliphatic carbocycles. The number of nitrogens with one attached hydrogen (secondary N) is 1. The van der Waals surface area contributed by atoms with Crippen molar-refractivity contribution in [1.82, 2.24) is 9.80 Å². The van der Waals surface area contributed by atoms with E-state index in [4.69, 9.17) is 9.73 Å². The summed E-state index contributed by atoms with van der Waals surface area (Å²) in [7, 11) is 0. The highest BCUT2D eigenvalue weighted by Crippen LogP contribution is 2.39. The molecule has 0 atom stereocenters. The number of para-hydroxylation sites is 2. The van der Waals surface area contributed by atoms with Crippen LogP contribution in [-0.4, -0.2) is 53.8 Å². The summed E-state index contributed by atoms with van der Waals surface area (Å²) in [4.78, 5) is 22.6. The molecule has 3 aromatic rings. The lowest BCUT2D eigenvalue weighted by Crippen LogP contribution is -2.50. The predicted molar refractivity (Wildman–Crippen MR) is 132 cm³/mol. The van der Waals surface area contributed by atoms with E-state index < -0.39 is 0 Å². The first-order valence-electron chi connectivity index (χ1n) is 11.4. The summed E-state index contributed by atoms with van der Waals surface area (Å²) in [5.74, 6) is 2.21. The fourth-order valence-corrected chi connectivity index (χ4v) is 4.28. The first-order valence-corrected chi connectivity index (χ1v) is 11.4. The van der Waals surface area contributed by atoms with E-state index in [1.54, 1.807) is 12.1 Å². The van der Waals surface area contributed by atoms with Gasteiger partial charge in [0, 0.05) is 43.5 Å². The van der Waals surface area contributed by atoms with E-state index in [-0.39, 0.29) is 5.91 Å². The second kappa shape index (κ2) is 9.08. The van der Waals surface area contributed by atoms with Crippen molar-refractivity contribution in [2.75, 3.05) is 31.5 Å². The van der Waals surface area contributed by atoms with E-state index >= 15 is 0 Å². The van der Waals surface area contributed by atoms with Gasteiger partial charge in [-0.25, -0.2) is 4.99 Å². The highest BCUT2D eigenvalue weighted by molar-refractivity contribution is 6.07. The van der Waals surface area contributed by atoms with Gasteiger partial charge >= 0.3 is 0 Å². The minimum atomic E-state index is -0.141. The molecular weight excluding hydrogens is 412 g/mol. The molecule has 6 heteroatoms. The molecule has 33 heavy (non-hydrogen) atoms. The molecule has 2 heterocycles. The topological polar surface area (TPSA) is 57.2 Å². The molecule has 0 bridgehead atoms. The van der Waals surface area contributed by atoms with Gasteiger partial charge in [0.25, 0.3) is 5.91 Å². The minimum Gasteiger partial charge on any atom is -0.454 e. The molecule has 2 aliphatic rings. The number of aliphatic imine (C=N–C) groups is 1. The summed E-state index contributed by atoms with van der Waals surface area (Å²) in [6, 6.07) is 23.4. The lowest BCUT2D eigenvalue weighted by atomic mass is 10.1. The molecule has 1 N–H and O–H groups in total. The molecule has 1 amide bonds. The summed E-state index contributed by atoms with van der Waals surface area (Å²) < 4.78 is 6.26. The van der Waals surface area contributed by atoms with Crippen molar-refractivity contribution in [2.45, 2.75) is 19.9 Å². The summed E-state index contributed by atoms with van der Waals surface area (Å²) in [6.45, 7) is 8.22. The van der Waals surface area contributed by atoms with Crippen LogP contribution in [0.25, 0.3) is 0 Å². The van der Waals surface area contributed by atoms with Crippen LogP contribution in [0.15, 0.2) is 77.8 Å². The molecule has 3 aromatic carbocycles. The molecule has 2 aliphatic heterocycles. The number of anilines is 1. The van der Waals surface area contributed by atoms with Gasteiger partial charge < -0.3 is 15.0 Å². The van der Waals surface area contributed by atoms with Crippen LogP contribution in [0.3, 0.4) is 0 Å². The summed E-state index contributed by atoms with van der Waals surface area (Å²) in [6.07, 6.45) is 0. The highest BCUT2D eigenvalue weighted by atomic mass is 16.5.